The number of nitrogens with one attached hydrogen (secondary N) is 1. The summed E-state index contributed by atoms with van der Waals surface area (Å²) in [4.78, 5) is 0. The summed E-state index contributed by atoms with van der Waals surface area (Å²) in [7, 11) is 0. The van der Waals surface area contributed by atoms with Crippen molar-refractivity contribution in [3.05, 3.63) is 59.7 Å². The minimum Gasteiger partial charge on any atom is -0.310 e. The van der Waals surface area contributed by atoms with Crippen LogP contribution in [0.1, 0.15) is 43.9 Å². The lowest BCUT2D eigenvalue weighted by molar-refractivity contribution is 0.518. The number of hydrogen-bond acceptors (Lipinski definition) is 1. The van der Waals surface area contributed by atoms with E-state index in [1.807, 2.05) is 0 Å². The number of aryl methyl sites for hydroxylation is 1. The largest absolute Gasteiger partial charge is 0.310 e. The fourth-order valence-electron chi connectivity index (χ4n) is 2.58. The van der Waals surface area contributed by atoms with E-state index in [-0.39, 0.29) is 0 Å². The van der Waals surface area contributed by atoms with Gasteiger partial charge in [0.1, 0.15) is 0 Å². The summed E-state index contributed by atoms with van der Waals surface area (Å²) in [5.74, 6) is 0. The fraction of sp³-hybridized carbons (Fsp3) is 0.368. The van der Waals surface area contributed by atoms with Gasteiger partial charge in [0, 0.05) is 6.04 Å². The minimum atomic E-state index is 0.458. The van der Waals surface area contributed by atoms with Gasteiger partial charge in [-0.05, 0) is 49.1 Å². The highest BCUT2D eigenvalue weighted by Crippen LogP contribution is 2.25. The lowest BCUT2D eigenvalue weighted by atomic mass is 9.97. The van der Waals surface area contributed by atoms with Gasteiger partial charge in [-0.25, -0.2) is 0 Å². The van der Waals surface area contributed by atoms with Gasteiger partial charge in [0.15, 0.2) is 0 Å². The van der Waals surface area contributed by atoms with E-state index in [4.69, 9.17) is 0 Å². The Morgan fingerprint density at radius 3 is 2.30 bits per heavy atom. The maximum Gasteiger partial charge on any atom is 0.0317 e. The molecule has 0 heterocycles. The summed E-state index contributed by atoms with van der Waals surface area (Å²) >= 11 is 0. The van der Waals surface area contributed by atoms with Crippen molar-refractivity contribution < 1.29 is 0 Å². The van der Waals surface area contributed by atoms with Gasteiger partial charge in [0.2, 0.25) is 0 Å². The molecule has 1 atom stereocenters. The van der Waals surface area contributed by atoms with Gasteiger partial charge in [-0.1, -0.05) is 61.9 Å². The molecule has 0 saturated heterocycles. The van der Waals surface area contributed by atoms with Crippen molar-refractivity contribution in [1.82, 2.24) is 5.32 Å². The molecule has 0 fully saturated rings. The summed E-state index contributed by atoms with van der Waals surface area (Å²) in [6.07, 6.45) is 2.30. The first kappa shape index (κ1) is 14.8. The summed E-state index contributed by atoms with van der Waals surface area (Å²) in [6, 6.07) is 18.1. The average molecular weight is 267 g/mol. The van der Waals surface area contributed by atoms with Crippen molar-refractivity contribution in [2.24, 2.45) is 0 Å². The first-order valence-corrected chi connectivity index (χ1v) is 7.65. The maximum atomic E-state index is 3.63. The molecule has 0 saturated carbocycles. The first-order valence-electron chi connectivity index (χ1n) is 7.65. The van der Waals surface area contributed by atoms with Gasteiger partial charge in [0.25, 0.3) is 0 Å². The number of hydrogen-bond donors (Lipinski definition) is 1. The zero-order valence-electron chi connectivity index (χ0n) is 12.8. The van der Waals surface area contributed by atoms with Crippen LogP contribution in [0.5, 0.6) is 0 Å². The Labute approximate surface area is 123 Å². The standard InChI is InChI=1S/C19H25N/c1-4-12-20-19(5-2)18-11-7-10-17(14-18)16-9-6-8-15(3)13-16/h6-11,13-14,19-20H,4-5,12H2,1-3H3. The van der Waals surface area contributed by atoms with Crippen molar-refractivity contribution in [2.75, 3.05) is 6.54 Å². The van der Waals surface area contributed by atoms with Crippen molar-refractivity contribution in [3.8, 4) is 11.1 Å². The van der Waals surface area contributed by atoms with Gasteiger partial charge in [-0.2, -0.15) is 0 Å². The van der Waals surface area contributed by atoms with Crippen LogP contribution < -0.4 is 5.32 Å². The van der Waals surface area contributed by atoms with Crippen LogP contribution in [0.15, 0.2) is 48.5 Å². The van der Waals surface area contributed by atoms with Crippen LogP contribution in [0, 0.1) is 6.92 Å². The van der Waals surface area contributed by atoms with Crippen LogP contribution in [0.3, 0.4) is 0 Å². The zero-order chi connectivity index (χ0) is 14.4. The molecule has 0 bridgehead atoms. The molecule has 0 aromatic heterocycles. The Kier molecular flexibility index (Phi) is 5.37. The zero-order valence-corrected chi connectivity index (χ0v) is 12.8. The Morgan fingerprint density at radius 1 is 0.950 bits per heavy atom. The summed E-state index contributed by atoms with van der Waals surface area (Å²) in [6.45, 7) is 7.67. The summed E-state index contributed by atoms with van der Waals surface area (Å²) in [5, 5.41) is 3.63. The van der Waals surface area contributed by atoms with E-state index in [0.717, 1.165) is 13.0 Å². The van der Waals surface area contributed by atoms with Crippen LogP contribution >= 0.6 is 0 Å². The van der Waals surface area contributed by atoms with E-state index in [1.165, 1.54) is 28.7 Å². The second-order valence-electron chi connectivity index (χ2n) is 5.41. The van der Waals surface area contributed by atoms with Crippen LogP contribution in [-0.4, -0.2) is 6.54 Å². The molecule has 2 aromatic rings. The predicted molar refractivity (Wildman–Crippen MR) is 87.9 cm³/mol. The molecule has 0 radical (unpaired) electrons. The van der Waals surface area contributed by atoms with Crippen LogP contribution in [-0.2, 0) is 0 Å². The molecule has 0 spiro atoms. The maximum absolute atomic E-state index is 3.63. The van der Waals surface area contributed by atoms with E-state index >= 15 is 0 Å². The first-order chi connectivity index (χ1) is 9.74. The fourth-order valence-corrected chi connectivity index (χ4v) is 2.58. The monoisotopic (exact) mass is 267 g/mol. The second kappa shape index (κ2) is 7.25. The van der Waals surface area contributed by atoms with E-state index < -0.39 is 0 Å². The van der Waals surface area contributed by atoms with Crippen molar-refractivity contribution in [2.45, 2.75) is 39.7 Å². The molecule has 1 unspecified atom stereocenters. The van der Waals surface area contributed by atoms with Gasteiger partial charge >= 0.3 is 0 Å². The van der Waals surface area contributed by atoms with Gasteiger partial charge < -0.3 is 5.32 Å². The van der Waals surface area contributed by atoms with Crippen LogP contribution in [0.4, 0.5) is 0 Å². The van der Waals surface area contributed by atoms with Crippen molar-refractivity contribution in [3.63, 3.8) is 0 Å². The Balaban J connectivity index is 2.27. The highest BCUT2D eigenvalue weighted by atomic mass is 14.9. The molecular formula is C19H25N. The molecule has 1 heteroatoms. The normalized spacial score (nSPS) is 12.3. The van der Waals surface area contributed by atoms with Gasteiger partial charge in [-0.15, -0.1) is 0 Å². The second-order valence-corrected chi connectivity index (χ2v) is 5.41. The lowest BCUT2D eigenvalue weighted by Gasteiger charge is -2.18. The Hall–Kier alpha value is -1.60. The van der Waals surface area contributed by atoms with E-state index in [0.29, 0.717) is 6.04 Å². The summed E-state index contributed by atoms with van der Waals surface area (Å²) < 4.78 is 0. The van der Waals surface area contributed by atoms with Crippen molar-refractivity contribution >= 4 is 0 Å². The van der Waals surface area contributed by atoms with Gasteiger partial charge in [-0.3, -0.25) is 0 Å². The van der Waals surface area contributed by atoms with Crippen molar-refractivity contribution in [1.29, 1.82) is 0 Å². The highest BCUT2D eigenvalue weighted by Gasteiger charge is 2.09. The predicted octanol–water partition coefficient (Wildman–Crippen LogP) is 5.11. The molecule has 0 aliphatic carbocycles. The van der Waals surface area contributed by atoms with Gasteiger partial charge in [0.05, 0.1) is 0 Å². The molecule has 0 amide bonds. The summed E-state index contributed by atoms with van der Waals surface area (Å²) in [5.41, 5.74) is 5.31. The highest BCUT2D eigenvalue weighted by molar-refractivity contribution is 5.65. The molecule has 2 aromatic carbocycles. The molecule has 1 nitrogen and oxygen atoms in total. The third kappa shape index (κ3) is 3.71. The van der Waals surface area contributed by atoms with Crippen LogP contribution in [0.25, 0.3) is 11.1 Å². The average Bonchev–Trinajstić information content (AvgIpc) is 2.48. The molecule has 20 heavy (non-hydrogen) atoms. The molecular weight excluding hydrogens is 242 g/mol. The van der Waals surface area contributed by atoms with E-state index in [1.54, 1.807) is 0 Å². The van der Waals surface area contributed by atoms with Crippen LogP contribution in [0.2, 0.25) is 0 Å². The number of benzene rings is 2. The topological polar surface area (TPSA) is 12.0 Å². The number of rotatable bonds is 6. The Bertz CT molecular complexity index is 545. The lowest BCUT2D eigenvalue weighted by Crippen LogP contribution is -2.21. The van der Waals surface area contributed by atoms with E-state index in [9.17, 15) is 0 Å². The minimum absolute atomic E-state index is 0.458. The molecule has 106 valence electrons. The smallest absolute Gasteiger partial charge is 0.0317 e. The third-order valence-electron chi connectivity index (χ3n) is 3.69. The molecule has 2 rings (SSSR count). The van der Waals surface area contributed by atoms with E-state index in [2.05, 4.69) is 74.6 Å². The third-order valence-corrected chi connectivity index (χ3v) is 3.69. The molecule has 1 N–H and O–H groups in total. The molecule has 0 aliphatic heterocycles. The Morgan fingerprint density at radius 2 is 1.65 bits per heavy atom. The SMILES string of the molecule is CCCNC(CC)c1cccc(-c2cccc(C)c2)c1. The molecule has 0 aliphatic rings. The quantitative estimate of drug-likeness (QED) is 0.766.